The predicted molar refractivity (Wildman–Crippen MR) is 81.1 cm³/mol. The molecule has 1 aliphatic heterocycles. The van der Waals surface area contributed by atoms with Crippen molar-refractivity contribution in [3.05, 3.63) is 21.8 Å². The molecular weight excluding hydrogens is 341 g/mol. The third-order valence-corrected chi connectivity index (χ3v) is 3.73. The van der Waals surface area contributed by atoms with Gasteiger partial charge in [0.25, 0.3) is 5.91 Å². The first-order chi connectivity index (χ1) is 8.49. The van der Waals surface area contributed by atoms with Gasteiger partial charge in [-0.1, -0.05) is 13.8 Å². The van der Waals surface area contributed by atoms with Crippen LogP contribution in [0.4, 0.5) is 5.69 Å². The van der Waals surface area contributed by atoms with Gasteiger partial charge in [-0.15, -0.1) is 0 Å². The Morgan fingerprint density at radius 2 is 2.17 bits per heavy atom. The quantitative estimate of drug-likeness (QED) is 0.774. The van der Waals surface area contributed by atoms with Crippen LogP contribution in [0.5, 0.6) is 5.75 Å². The highest BCUT2D eigenvalue weighted by Gasteiger charge is 2.31. The summed E-state index contributed by atoms with van der Waals surface area (Å²) in [6.45, 7) is 6.91. The number of halogens is 1. The number of nitrogens with zero attached hydrogens (tertiary/aromatic N) is 1. The van der Waals surface area contributed by atoms with Crippen molar-refractivity contribution in [2.75, 3.05) is 11.4 Å². The first-order valence-corrected chi connectivity index (χ1v) is 7.34. The molecule has 4 heteroatoms. The molecular formula is C14H18INO2. The van der Waals surface area contributed by atoms with E-state index in [1.807, 2.05) is 30.0 Å². The number of hydrogen-bond acceptors (Lipinski definition) is 2. The molecule has 1 amide bonds. The lowest BCUT2D eigenvalue weighted by Crippen LogP contribution is -2.45. The molecule has 0 aliphatic carbocycles. The molecule has 0 saturated heterocycles. The molecule has 0 aromatic heterocycles. The minimum atomic E-state index is -0.386. The lowest BCUT2D eigenvalue weighted by Gasteiger charge is -2.33. The Morgan fingerprint density at radius 3 is 2.83 bits per heavy atom. The molecule has 2 rings (SSSR count). The van der Waals surface area contributed by atoms with E-state index in [0.29, 0.717) is 5.92 Å². The summed E-state index contributed by atoms with van der Waals surface area (Å²) in [5, 5.41) is 0. The molecule has 1 aliphatic rings. The number of ether oxygens (including phenoxy) is 1. The molecule has 0 N–H and O–H groups in total. The number of fused-ring (bicyclic) bond motifs is 1. The van der Waals surface area contributed by atoms with Crippen LogP contribution in [-0.2, 0) is 4.79 Å². The van der Waals surface area contributed by atoms with Gasteiger partial charge in [-0.25, -0.2) is 0 Å². The second-order valence-corrected chi connectivity index (χ2v) is 6.29. The molecule has 1 aromatic carbocycles. The standard InChI is InChI=1S/C14H18INO2/c1-9(2)6-7-16-12-5-4-11(15)8-13(12)18-10(3)14(16)17/h4-5,8-10H,6-7H2,1-3H3. The Bertz CT molecular complexity index is 459. The van der Waals surface area contributed by atoms with Gasteiger partial charge in [0.2, 0.25) is 0 Å². The molecule has 0 spiro atoms. The Hall–Kier alpha value is -0.780. The molecule has 18 heavy (non-hydrogen) atoms. The molecule has 0 radical (unpaired) electrons. The highest BCUT2D eigenvalue weighted by Crippen LogP contribution is 2.35. The van der Waals surface area contributed by atoms with Crippen LogP contribution < -0.4 is 9.64 Å². The van der Waals surface area contributed by atoms with Crippen molar-refractivity contribution in [1.82, 2.24) is 0 Å². The van der Waals surface area contributed by atoms with E-state index in [4.69, 9.17) is 4.74 Å². The van der Waals surface area contributed by atoms with Gasteiger partial charge in [-0.05, 0) is 60.1 Å². The van der Waals surface area contributed by atoms with E-state index in [9.17, 15) is 4.79 Å². The first kappa shape index (κ1) is 13.6. The van der Waals surface area contributed by atoms with Crippen molar-refractivity contribution in [2.24, 2.45) is 5.92 Å². The van der Waals surface area contributed by atoms with Crippen LogP contribution in [-0.4, -0.2) is 18.6 Å². The van der Waals surface area contributed by atoms with E-state index in [2.05, 4.69) is 36.4 Å². The third kappa shape index (κ3) is 2.79. The molecule has 0 fully saturated rings. The maximum absolute atomic E-state index is 12.2. The van der Waals surface area contributed by atoms with Crippen LogP contribution in [0.2, 0.25) is 0 Å². The summed E-state index contributed by atoms with van der Waals surface area (Å²) in [5.74, 6) is 1.46. The fourth-order valence-electron chi connectivity index (χ4n) is 2.00. The lowest BCUT2D eigenvalue weighted by atomic mass is 10.1. The minimum Gasteiger partial charge on any atom is -0.479 e. The predicted octanol–water partition coefficient (Wildman–Crippen LogP) is 3.45. The zero-order chi connectivity index (χ0) is 13.3. The average Bonchev–Trinajstić information content (AvgIpc) is 2.29. The molecule has 0 saturated carbocycles. The normalized spacial score (nSPS) is 18.8. The van der Waals surface area contributed by atoms with Gasteiger partial charge in [-0.3, -0.25) is 4.79 Å². The van der Waals surface area contributed by atoms with Gasteiger partial charge in [-0.2, -0.15) is 0 Å². The summed E-state index contributed by atoms with van der Waals surface area (Å²) in [7, 11) is 0. The van der Waals surface area contributed by atoms with Crippen LogP contribution in [0.1, 0.15) is 27.2 Å². The number of carbonyl (C=O) groups excluding carboxylic acids is 1. The van der Waals surface area contributed by atoms with E-state index in [1.54, 1.807) is 0 Å². The number of benzene rings is 1. The summed E-state index contributed by atoms with van der Waals surface area (Å²) < 4.78 is 6.79. The second kappa shape index (κ2) is 5.47. The number of hydrogen-bond donors (Lipinski definition) is 0. The lowest BCUT2D eigenvalue weighted by molar-refractivity contribution is -0.125. The van der Waals surface area contributed by atoms with Crippen molar-refractivity contribution in [2.45, 2.75) is 33.3 Å². The molecule has 1 aromatic rings. The van der Waals surface area contributed by atoms with Crippen LogP contribution in [0.15, 0.2) is 18.2 Å². The molecule has 98 valence electrons. The fraction of sp³-hybridized carbons (Fsp3) is 0.500. The summed E-state index contributed by atoms with van der Waals surface area (Å²) in [6, 6.07) is 5.97. The maximum Gasteiger partial charge on any atom is 0.267 e. The third-order valence-electron chi connectivity index (χ3n) is 3.06. The SMILES string of the molecule is CC(C)CCN1C(=O)C(C)Oc2cc(I)ccc21. The van der Waals surface area contributed by atoms with E-state index < -0.39 is 0 Å². The smallest absolute Gasteiger partial charge is 0.267 e. The largest absolute Gasteiger partial charge is 0.479 e. The Morgan fingerprint density at radius 1 is 1.44 bits per heavy atom. The van der Waals surface area contributed by atoms with Gasteiger partial charge < -0.3 is 9.64 Å². The summed E-state index contributed by atoms with van der Waals surface area (Å²) in [4.78, 5) is 14.0. The van der Waals surface area contributed by atoms with Crippen LogP contribution >= 0.6 is 22.6 Å². The molecule has 1 unspecified atom stereocenters. The molecule has 1 heterocycles. The van der Waals surface area contributed by atoms with Crippen molar-refractivity contribution < 1.29 is 9.53 Å². The van der Waals surface area contributed by atoms with Gasteiger partial charge in [0, 0.05) is 10.1 Å². The topological polar surface area (TPSA) is 29.5 Å². The Balaban J connectivity index is 2.30. The second-order valence-electron chi connectivity index (χ2n) is 5.04. The monoisotopic (exact) mass is 359 g/mol. The molecule has 3 nitrogen and oxygen atoms in total. The fourth-order valence-corrected chi connectivity index (χ4v) is 2.46. The highest BCUT2D eigenvalue weighted by atomic mass is 127. The average molecular weight is 359 g/mol. The first-order valence-electron chi connectivity index (χ1n) is 6.26. The highest BCUT2D eigenvalue weighted by molar-refractivity contribution is 14.1. The van der Waals surface area contributed by atoms with Crippen LogP contribution in [0.25, 0.3) is 0 Å². The van der Waals surface area contributed by atoms with Gasteiger partial charge in [0.05, 0.1) is 5.69 Å². The van der Waals surface area contributed by atoms with E-state index in [-0.39, 0.29) is 12.0 Å². The zero-order valence-electron chi connectivity index (χ0n) is 10.9. The van der Waals surface area contributed by atoms with Crippen LogP contribution in [0.3, 0.4) is 0 Å². The van der Waals surface area contributed by atoms with Crippen molar-refractivity contribution in [3.8, 4) is 5.75 Å². The van der Waals surface area contributed by atoms with Crippen molar-refractivity contribution in [1.29, 1.82) is 0 Å². The number of rotatable bonds is 3. The molecule has 0 bridgehead atoms. The Labute approximate surface area is 122 Å². The Kier molecular flexibility index (Phi) is 4.14. The minimum absolute atomic E-state index is 0.0596. The molecule has 1 atom stereocenters. The van der Waals surface area contributed by atoms with Crippen molar-refractivity contribution in [3.63, 3.8) is 0 Å². The summed E-state index contributed by atoms with van der Waals surface area (Å²) >= 11 is 2.25. The number of anilines is 1. The van der Waals surface area contributed by atoms with E-state index in [1.165, 1.54) is 0 Å². The van der Waals surface area contributed by atoms with Gasteiger partial charge in [0.15, 0.2) is 6.10 Å². The summed E-state index contributed by atoms with van der Waals surface area (Å²) in [6.07, 6.45) is 0.618. The van der Waals surface area contributed by atoms with E-state index >= 15 is 0 Å². The van der Waals surface area contributed by atoms with Crippen molar-refractivity contribution >= 4 is 34.2 Å². The van der Waals surface area contributed by atoms with Crippen LogP contribution in [0, 0.1) is 9.49 Å². The maximum atomic E-state index is 12.2. The van der Waals surface area contributed by atoms with Gasteiger partial charge in [0.1, 0.15) is 5.75 Å². The number of amides is 1. The van der Waals surface area contributed by atoms with Gasteiger partial charge >= 0.3 is 0 Å². The summed E-state index contributed by atoms with van der Waals surface area (Å²) in [5.41, 5.74) is 0.902. The van der Waals surface area contributed by atoms with E-state index in [0.717, 1.165) is 28.0 Å². The number of carbonyl (C=O) groups is 1. The zero-order valence-corrected chi connectivity index (χ0v) is 13.1.